The van der Waals surface area contributed by atoms with Gasteiger partial charge < -0.3 is 14.4 Å². The molecule has 1 spiro atoms. The highest BCUT2D eigenvalue weighted by Gasteiger charge is 2.55. The SMILES string of the molecule is COCCN1C(=O)N(c2cnc(C#N)nc2OC)CC12CCC(c1ccccc1)(N(C)C)CC2. The van der Waals surface area contributed by atoms with Crippen molar-refractivity contribution in [3.05, 3.63) is 47.9 Å². The van der Waals surface area contributed by atoms with E-state index in [1.807, 2.05) is 17.0 Å². The van der Waals surface area contributed by atoms with Gasteiger partial charge in [0.25, 0.3) is 0 Å². The van der Waals surface area contributed by atoms with Gasteiger partial charge in [-0.2, -0.15) is 10.2 Å². The predicted octanol–water partition coefficient (Wildman–Crippen LogP) is 3.02. The van der Waals surface area contributed by atoms with E-state index in [2.05, 4.69) is 53.2 Å². The first kappa shape index (κ1) is 23.9. The number of nitriles is 1. The third-order valence-corrected chi connectivity index (χ3v) is 7.50. The number of nitrogens with zero attached hydrogens (tertiary/aromatic N) is 6. The molecule has 0 N–H and O–H groups in total. The lowest BCUT2D eigenvalue weighted by atomic mass is 9.68. The van der Waals surface area contributed by atoms with Crippen molar-refractivity contribution in [1.29, 1.82) is 5.26 Å². The van der Waals surface area contributed by atoms with Gasteiger partial charge >= 0.3 is 6.03 Å². The molecule has 34 heavy (non-hydrogen) atoms. The average molecular weight is 465 g/mol. The number of benzene rings is 1. The summed E-state index contributed by atoms with van der Waals surface area (Å²) in [6.45, 7) is 1.48. The van der Waals surface area contributed by atoms with Crippen LogP contribution in [0.3, 0.4) is 0 Å². The lowest BCUT2D eigenvalue weighted by molar-refractivity contribution is 0.0189. The first-order chi connectivity index (χ1) is 16.4. The third-order valence-electron chi connectivity index (χ3n) is 7.50. The third kappa shape index (κ3) is 3.97. The normalized spacial score (nSPS) is 24.6. The van der Waals surface area contributed by atoms with Gasteiger partial charge in [0.1, 0.15) is 11.8 Å². The van der Waals surface area contributed by atoms with Crippen LogP contribution >= 0.6 is 0 Å². The summed E-state index contributed by atoms with van der Waals surface area (Å²) >= 11 is 0. The van der Waals surface area contributed by atoms with E-state index in [4.69, 9.17) is 14.7 Å². The largest absolute Gasteiger partial charge is 0.479 e. The molecule has 4 rings (SSSR count). The second kappa shape index (κ2) is 9.57. The Morgan fingerprint density at radius 1 is 1.15 bits per heavy atom. The van der Waals surface area contributed by atoms with E-state index in [0.29, 0.717) is 25.4 Å². The number of rotatable bonds is 7. The molecule has 0 bridgehead atoms. The molecule has 2 amide bonds. The number of carbonyl (C=O) groups is 1. The van der Waals surface area contributed by atoms with Gasteiger partial charge in [0.15, 0.2) is 0 Å². The van der Waals surface area contributed by atoms with Gasteiger partial charge in [0.2, 0.25) is 11.7 Å². The second-order valence-electron chi connectivity index (χ2n) is 9.23. The Balaban J connectivity index is 1.67. The Hall–Kier alpha value is -3.22. The van der Waals surface area contributed by atoms with Crippen molar-refractivity contribution in [2.75, 3.05) is 52.9 Å². The topological polar surface area (TPSA) is 94.8 Å². The fraction of sp³-hybridized carbons (Fsp3) is 0.520. The number of methoxy groups -OCH3 is 2. The summed E-state index contributed by atoms with van der Waals surface area (Å²) in [5.74, 6) is 0.237. The van der Waals surface area contributed by atoms with E-state index in [0.717, 1.165) is 25.7 Å². The van der Waals surface area contributed by atoms with Crippen LogP contribution in [0.4, 0.5) is 10.5 Å². The molecule has 1 saturated carbocycles. The predicted molar refractivity (Wildman–Crippen MR) is 128 cm³/mol. The summed E-state index contributed by atoms with van der Waals surface area (Å²) in [4.78, 5) is 27.9. The molecule has 9 nitrogen and oxygen atoms in total. The van der Waals surface area contributed by atoms with E-state index in [1.54, 1.807) is 12.0 Å². The van der Waals surface area contributed by atoms with E-state index in [1.165, 1.54) is 18.9 Å². The zero-order valence-electron chi connectivity index (χ0n) is 20.3. The quantitative estimate of drug-likeness (QED) is 0.622. The van der Waals surface area contributed by atoms with Gasteiger partial charge in [-0.15, -0.1) is 0 Å². The van der Waals surface area contributed by atoms with Gasteiger partial charge in [-0.25, -0.2) is 9.78 Å². The number of carbonyl (C=O) groups excluding carboxylic acids is 1. The maximum atomic E-state index is 13.7. The van der Waals surface area contributed by atoms with E-state index >= 15 is 0 Å². The van der Waals surface area contributed by atoms with Crippen molar-refractivity contribution in [1.82, 2.24) is 19.8 Å². The van der Waals surface area contributed by atoms with E-state index in [-0.39, 0.29) is 28.8 Å². The molecule has 1 aromatic heterocycles. The minimum absolute atomic E-state index is 0.00879. The molecular weight excluding hydrogens is 432 g/mol. The molecule has 1 aromatic carbocycles. The molecule has 1 saturated heterocycles. The van der Waals surface area contributed by atoms with Crippen LogP contribution in [-0.4, -0.2) is 79.3 Å². The highest BCUT2D eigenvalue weighted by molar-refractivity contribution is 5.96. The molecule has 180 valence electrons. The molecule has 0 radical (unpaired) electrons. The summed E-state index contributed by atoms with van der Waals surface area (Å²) < 4.78 is 10.8. The van der Waals surface area contributed by atoms with Crippen molar-refractivity contribution in [3.63, 3.8) is 0 Å². The molecular formula is C25H32N6O3. The van der Waals surface area contributed by atoms with Crippen molar-refractivity contribution in [2.45, 2.75) is 36.8 Å². The molecule has 2 fully saturated rings. The highest BCUT2D eigenvalue weighted by atomic mass is 16.5. The lowest BCUT2D eigenvalue weighted by Crippen LogP contribution is -2.56. The van der Waals surface area contributed by atoms with Gasteiger partial charge in [-0.05, 0) is 45.3 Å². The number of aromatic nitrogens is 2. The lowest BCUT2D eigenvalue weighted by Gasteiger charge is -2.51. The maximum absolute atomic E-state index is 13.7. The average Bonchev–Trinajstić information content (AvgIpc) is 3.13. The molecule has 2 heterocycles. The zero-order chi connectivity index (χ0) is 24.3. The minimum Gasteiger partial charge on any atom is -0.479 e. The molecule has 1 aliphatic heterocycles. The first-order valence-corrected chi connectivity index (χ1v) is 11.5. The Labute approximate surface area is 200 Å². The van der Waals surface area contributed by atoms with Crippen LogP contribution in [-0.2, 0) is 10.3 Å². The number of hydrogen-bond acceptors (Lipinski definition) is 7. The standard InChI is InChI=1S/C25H32N6O3/c1-29(2)25(19-8-6-5-7-9-19)12-10-24(11-13-25)18-30(23(32)31(24)14-15-33-3)20-17-27-21(16-26)28-22(20)34-4/h5-9,17H,10-15,18H2,1-4H3. The van der Waals surface area contributed by atoms with Gasteiger partial charge in [0.05, 0.1) is 32.0 Å². The maximum Gasteiger partial charge on any atom is 0.325 e. The van der Waals surface area contributed by atoms with Gasteiger partial charge in [0, 0.05) is 19.2 Å². The second-order valence-corrected chi connectivity index (χ2v) is 9.23. The van der Waals surface area contributed by atoms with Crippen LogP contribution in [0.15, 0.2) is 36.5 Å². The van der Waals surface area contributed by atoms with Gasteiger partial charge in [-0.1, -0.05) is 30.3 Å². The Morgan fingerprint density at radius 3 is 2.44 bits per heavy atom. The molecule has 1 aliphatic carbocycles. The Bertz CT molecular complexity index is 1060. The molecule has 9 heteroatoms. The monoisotopic (exact) mass is 464 g/mol. The molecule has 0 unspecified atom stereocenters. The van der Waals surface area contributed by atoms with Crippen molar-refractivity contribution < 1.29 is 14.3 Å². The summed E-state index contributed by atoms with van der Waals surface area (Å²) in [5, 5.41) is 9.15. The van der Waals surface area contributed by atoms with Crippen LogP contribution in [0.1, 0.15) is 37.1 Å². The summed E-state index contributed by atoms with van der Waals surface area (Å²) in [6, 6.07) is 12.4. The summed E-state index contributed by atoms with van der Waals surface area (Å²) in [7, 11) is 7.41. The van der Waals surface area contributed by atoms with Crippen molar-refractivity contribution in [3.8, 4) is 11.9 Å². The van der Waals surface area contributed by atoms with Crippen LogP contribution in [0, 0.1) is 11.3 Å². The summed E-state index contributed by atoms with van der Waals surface area (Å²) in [6.07, 6.45) is 5.06. The number of amides is 2. The zero-order valence-corrected chi connectivity index (χ0v) is 20.3. The minimum atomic E-state index is -0.331. The Morgan fingerprint density at radius 2 is 1.85 bits per heavy atom. The Kier molecular flexibility index (Phi) is 6.73. The first-order valence-electron chi connectivity index (χ1n) is 11.5. The fourth-order valence-corrected chi connectivity index (χ4v) is 5.55. The van der Waals surface area contributed by atoms with E-state index in [9.17, 15) is 4.79 Å². The highest BCUT2D eigenvalue weighted by Crippen LogP contribution is 2.49. The van der Waals surface area contributed by atoms with Gasteiger partial charge in [-0.3, -0.25) is 9.80 Å². The van der Waals surface area contributed by atoms with E-state index < -0.39 is 0 Å². The number of ether oxygens (including phenoxy) is 2. The van der Waals surface area contributed by atoms with Crippen LogP contribution < -0.4 is 9.64 Å². The van der Waals surface area contributed by atoms with Crippen molar-refractivity contribution in [2.24, 2.45) is 0 Å². The van der Waals surface area contributed by atoms with Crippen LogP contribution in [0.2, 0.25) is 0 Å². The van der Waals surface area contributed by atoms with Crippen LogP contribution in [0.5, 0.6) is 5.88 Å². The summed E-state index contributed by atoms with van der Waals surface area (Å²) in [5.41, 5.74) is 1.38. The van der Waals surface area contributed by atoms with Crippen LogP contribution in [0.25, 0.3) is 0 Å². The molecule has 2 aliphatic rings. The number of anilines is 1. The number of hydrogen-bond donors (Lipinski definition) is 0. The fourth-order valence-electron chi connectivity index (χ4n) is 5.55. The van der Waals surface area contributed by atoms with Crippen molar-refractivity contribution >= 4 is 11.7 Å². The number of urea groups is 1. The molecule has 0 atom stereocenters. The molecule has 2 aromatic rings. The smallest absolute Gasteiger partial charge is 0.325 e.